The number of ether oxygens (including phenoxy) is 1. The van der Waals surface area contributed by atoms with E-state index >= 15 is 0 Å². The summed E-state index contributed by atoms with van der Waals surface area (Å²) in [5, 5.41) is 14.4. The van der Waals surface area contributed by atoms with Gasteiger partial charge in [-0.15, -0.1) is 0 Å². The highest BCUT2D eigenvalue weighted by Gasteiger charge is 2.62. The molecule has 0 heterocycles. The van der Waals surface area contributed by atoms with Gasteiger partial charge in [0, 0.05) is 36.1 Å². The van der Waals surface area contributed by atoms with Gasteiger partial charge in [0.05, 0.1) is 17.9 Å². The van der Waals surface area contributed by atoms with E-state index in [1.807, 2.05) is 24.3 Å². The van der Waals surface area contributed by atoms with E-state index in [0.717, 1.165) is 55.9 Å². The van der Waals surface area contributed by atoms with E-state index in [9.17, 15) is 13.2 Å². The first-order chi connectivity index (χ1) is 17.7. The normalized spacial score (nSPS) is 19.4. The van der Waals surface area contributed by atoms with Crippen LogP contribution in [-0.2, 0) is 4.74 Å². The number of alkyl halides is 3. The van der Waals surface area contributed by atoms with Crippen LogP contribution in [0.3, 0.4) is 0 Å². The van der Waals surface area contributed by atoms with Crippen LogP contribution in [0.25, 0.3) is 0 Å². The highest BCUT2D eigenvalue weighted by Crippen LogP contribution is 2.59. The van der Waals surface area contributed by atoms with Gasteiger partial charge >= 0.3 is 6.18 Å². The maximum absolute atomic E-state index is 13.0. The number of hydrogen-bond donors (Lipinski definition) is 6. The summed E-state index contributed by atoms with van der Waals surface area (Å²) < 4.78 is 44.2. The van der Waals surface area contributed by atoms with Gasteiger partial charge in [0.15, 0.2) is 0 Å². The number of amidine groups is 1. The third kappa shape index (κ3) is 10.7. The van der Waals surface area contributed by atoms with E-state index < -0.39 is 11.6 Å². The van der Waals surface area contributed by atoms with Gasteiger partial charge in [-0.05, 0) is 56.8 Å². The van der Waals surface area contributed by atoms with E-state index in [4.69, 9.17) is 16.0 Å². The zero-order chi connectivity index (χ0) is 27.2. The summed E-state index contributed by atoms with van der Waals surface area (Å²) in [6.07, 6.45) is 13.0. The molecule has 206 valence electrons. The minimum Gasteiger partial charge on any atom is -0.478 e. The molecule has 2 rings (SSSR count). The monoisotopic (exact) mass is 540 g/mol. The van der Waals surface area contributed by atoms with Crippen molar-refractivity contribution in [1.82, 2.24) is 16.1 Å². The zero-order valence-electron chi connectivity index (χ0n) is 21.1. The largest absolute Gasteiger partial charge is 0.478 e. The Balaban J connectivity index is 1.73. The summed E-state index contributed by atoms with van der Waals surface area (Å²) in [5.74, 6) is 6.86. The minimum absolute atomic E-state index is 0.114. The molecule has 0 radical (unpaired) electrons. The lowest BCUT2D eigenvalue weighted by atomic mass is 9.89. The Morgan fingerprint density at radius 3 is 2.70 bits per heavy atom. The molecular weight excluding hydrogens is 501 g/mol. The maximum Gasteiger partial charge on any atom is 0.394 e. The van der Waals surface area contributed by atoms with Gasteiger partial charge in [0.25, 0.3) is 0 Å². The van der Waals surface area contributed by atoms with Crippen LogP contribution in [-0.4, -0.2) is 36.9 Å². The quantitative estimate of drug-likeness (QED) is 0.0305. The summed E-state index contributed by atoms with van der Waals surface area (Å²) in [5.41, 5.74) is 3.05. The lowest BCUT2D eigenvalue weighted by Gasteiger charge is -2.25. The van der Waals surface area contributed by atoms with Crippen LogP contribution in [0.2, 0.25) is 0 Å². The molecule has 0 amide bonds. The number of allylic oxidation sites excluding steroid dienone is 6. The van der Waals surface area contributed by atoms with Crippen molar-refractivity contribution in [2.45, 2.75) is 57.5 Å². The molecule has 1 saturated carbocycles. The van der Waals surface area contributed by atoms with E-state index in [1.165, 1.54) is 6.08 Å². The first-order valence-corrected chi connectivity index (χ1v) is 13.1. The van der Waals surface area contributed by atoms with Crippen molar-refractivity contribution in [1.29, 1.82) is 5.41 Å². The van der Waals surface area contributed by atoms with Crippen LogP contribution < -0.4 is 21.9 Å². The second-order valence-electron chi connectivity index (χ2n) is 9.13. The van der Waals surface area contributed by atoms with Crippen molar-refractivity contribution in [2.75, 3.05) is 19.0 Å². The zero-order valence-corrected chi connectivity index (χ0v) is 22.0. The predicted octanol–water partition coefficient (Wildman–Crippen LogP) is 5.25. The van der Waals surface area contributed by atoms with Crippen molar-refractivity contribution in [3.63, 3.8) is 0 Å². The number of hydrazine groups is 1. The molecule has 1 unspecified atom stereocenters. The van der Waals surface area contributed by atoms with Crippen LogP contribution in [0.4, 0.5) is 13.2 Å². The number of rotatable bonds is 16. The molecule has 1 atom stereocenters. The van der Waals surface area contributed by atoms with E-state index in [-0.39, 0.29) is 37.7 Å². The third-order valence-corrected chi connectivity index (χ3v) is 6.64. The van der Waals surface area contributed by atoms with Crippen LogP contribution in [0, 0.1) is 16.7 Å². The first-order valence-electron chi connectivity index (χ1n) is 12.5. The third-order valence-electron chi connectivity index (χ3n) is 6.50. The number of thiol groups is 1. The average Bonchev–Trinajstić information content (AvgIpc) is 3.66. The van der Waals surface area contributed by atoms with Crippen LogP contribution >= 0.6 is 12.6 Å². The standard InChI is InChI=1S/C26H39F3N6OS/c1-2-3-8-24(34-19-37)33-15-6-4-5-7-20-18-21(35-31)9-10-22(20)32-16-11-23(30)36-17-14-25(12-13-25)26(27,28)29/h2-3,8-11,16,20,30,32,35,37H,1,4-7,12-15,17-19,31H2,(H,33,34)/b8-3-,16-11-,30-23?. The van der Waals surface area contributed by atoms with Gasteiger partial charge in [0.2, 0.25) is 5.90 Å². The molecule has 6 N–H and O–H groups in total. The fourth-order valence-corrected chi connectivity index (χ4v) is 4.21. The molecule has 0 aliphatic heterocycles. The Kier molecular flexibility index (Phi) is 12.9. The van der Waals surface area contributed by atoms with E-state index in [2.05, 4.69) is 40.3 Å². The summed E-state index contributed by atoms with van der Waals surface area (Å²) >= 11 is 4.14. The number of nitrogens with one attached hydrogen (secondary N) is 4. The molecule has 0 saturated heterocycles. The lowest BCUT2D eigenvalue weighted by molar-refractivity contribution is -0.190. The van der Waals surface area contributed by atoms with Crippen LogP contribution in [0.5, 0.6) is 0 Å². The summed E-state index contributed by atoms with van der Waals surface area (Å²) in [6.45, 7) is 4.35. The Hall–Kier alpha value is -2.66. The second kappa shape index (κ2) is 15.6. The Bertz CT molecular complexity index is 906. The van der Waals surface area contributed by atoms with Crippen LogP contribution in [0.1, 0.15) is 51.4 Å². The summed E-state index contributed by atoms with van der Waals surface area (Å²) in [7, 11) is 0. The van der Waals surface area contributed by atoms with Gasteiger partial charge in [-0.25, -0.2) is 0 Å². The second-order valence-corrected chi connectivity index (χ2v) is 9.42. The molecule has 0 aromatic rings. The maximum atomic E-state index is 13.0. The van der Waals surface area contributed by atoms with Crippen molar-refractivity contribution in [3.8, 4) is 0 Å². The average molecular weight is 541 g/mol. The molecule has 0 bridgehead atoms. The SMILES string of the molecule is C=C/C=C\C(=N/CS)NCCCCCC1CC(NN)=CC=C1N/C=C\C(=N)OCCC1(C(F)(F)F)CC1. The number of unbranched alkanes of at least 4 members (excludes halogenated alkanes) is 2. The highest BCUT2D eigenvalue weighted by atomic mass is 32.1. The van der Waals surface area contributed by atoms with Gasteiger partial charge in [0.1, 0.15) is 5.84 Å². The number of halogens is 3. The number of aliphatic imine (C=N–C) groups is 1. The Labute approximate surface area is 223 Å². The molecular formula is C26H39F3N6OS. The molecule has 2 aliphatic rings. The molecule has 0 aromatic carbocycles. The number of nitrogens with two attached hydrogens (primary N) is 1. The molecule has 0 spiro atoms. The van der Waals surface area contributed by atoms with Crippen molar-refractivity contribution in [2.24, 2.45) is 22.2 Å². The molecule has 11 heteroatoms. The summed E-state index contributed by atoms with van der Waals surface area (Å²) in [6, 6.07) is 0. The van der Waals surface area contributed by atoms with Crippen LogP contribution in [0.15, 0.2) is 65.6 Å². The first kappa shape index (κ1) is 30.6. The molecule has 2 aliphatic carbocycles. The molecule has 1 fully saturated rings. The highest BCUT2D eigenvalue weighted by molar-refractivity contribution is 7.80. The fourth-order valence-electron chi connectivity index (χ4n) is 4.06. The van der Waals surface area contributed by atoms with Gasteiger partial charge in [-0.2, -0.15) is 25.8 Å². The van der Waals surface area contributed by atoms with E-state index in [1.54, 1.807) is 12.3 Å². The van der Waals surface area contributed by atoms with Gasteiger partial charge in [-0.1, -0.05) is 31.6 Å². The topological polar surface area (TPSA) is 108 Å². The Morgan fingerprint density at radius 2 is 2.05 bits per heavy atom. The van der Waals surface area contributed by atoms with Crippen molar-refractivity contribution in [3.05, 3.63) is 60.6 Å². The van der Waals surface area contributed by atoms with E-state index in [0.29, 0.717) is 5.88 Å². The van der Waals surface area contributed by atoms with Gasteiger partial charge in [-0.3, -0.25) is 16.2 Å². The predicted molar refractivity (Wildman–Crippen MR) is 147 cm³/mol. The minimum atomic E-state index is -4.20. The van der Waals surface area contributed by atoms with Crippen molar-refractivity contribution >= 4 is 24.4 Å². The lowest BCUT2D eigenvalue weighted by Crippen LogP contribution is -2.27. The Morgan fingerprint density at radius 1 is 1.27 bits per heavy atom. The molecule has 7 nitrogen and oxygen atoms in total. The molecule has 0 aromatic heterocycles. The smallest absolute Gasteiger partial charge is 0.394 e. The summed E-state index contributed by atoms with van der Waals surface area (Å²) in [4.78, 5) is 4.28. The number of nitrogens with zero attached hydrogens (tertiary/aromatic N) is 1. The van der Waals surface area contributed by atoms with Gasteiger partial charge < -0.3 is 20.8 Å². The van der Waals surface area contributed by atoms with Crippen molar-refractivity contribution < 1.29 is 17.9 Å². The molecule has 37 heavy (non-hydrogen) atoms. The fraction of sp³-hybridized carbons (Fsp3) is 0.538. The number of hydrogen-bond acceptors (Lipinski definition) is 7.